The van der Waals surface area contributed by atoms with Gasteiger partial charge < -0.3 is 24.5 Å². The second-order valence-corrected chi connectivity index (χ2v) is 6.01. The van der Waals surface area contributed by atoms with Crippen LogP contribution in [-0.4, -0.2) is 50.8 Å². The molecule has 0 amide bonds. The third-order valence-corrected chi connectivity index (χ3v) is 4.58. The highest BCUT2D eigenvalue weighted by Crippen LogP contribution is 2.36. The van der Waals surface area contributed by atoms with Gasteiger partial charge >= 0.3 is 0 Å². The van der Waals surface area contributed by atoms with Crippen molar-refractivity contribution in [3.8, 4) is 0 Å². The zero-order valence-corrected chi connectivity index (χ0v) is 12.9. The predicted octanol–water partition coefficient (Wildman–Crippen LogP) is 0.402. The highest BCUT2D eigenvalue weighted by molar-refractivity contribution is 5.10. The first kappa shape index (κ1) is 14.8. The Morgan fingerprint density at radius 3 is 3.09 bits per heavy atom. The van der Waals surface area contributed by atoms with Gasteiger partial charge in [-0.1, -0.05) is 6.07 Å². The maximum absolute atomic E-state index is 10.9. The molecule has 7 nitrogen and oxygen atoms in total. The molecule has 2 bridgehead atoms. The van der Waals surface area contributed by atoms with Gasteiger partial charge in [0.05, 0.1) is 18.8 Å². The van der Waals surface area contributed by atoms with Crippen LogP contribution in [0, 0.1) is 6.92 Å². The molecule has 2 fully saturated rings. The Bertz CT molecular complexity index is 662. The fourth-order valence-corrected chi connectivity index (χ4v) is 3.39. The summed E-state index contributed by atoms with van der Waals surface area (Å²) >= 11 is 0. The molecule has 23 heavy (non-hydrogen) atoms. The quantitative estimate of drug-likeness (QED) is 0.850. The minimum atomic E-state index is -0.620. The van der Waals surface area contributed by atoms with Crippen LogP contribution in [0.1, 0.15) is 17.4 Å². The lowest BCUT2D eigenvalue weighted by Crippen LogP contribution is -2.57. The van der Waals surface area contributed by atoms with Crippen LogP contribution in [0.15, 0.2) is 36.9 Å². The van der Waals surface area contributed by atoms with Crippen molar-refractivity contribution >= 4 is 0 Å². The zero-order chi connectivity index (χ0) is 15.8. The Labute approximate surface area is 134 Å². The first-order chi connectivity index (χ1) is 11.2. The van der Waals surface area contributed by atoms with Crippen molar-refractivity contribution in [1.29, 1.82) is 0 Å². The minimum Gasteiger partial charge on any atom is -0.389 e. The van der Waals surface area contributed by atoms with Crippen molar-refractivity contribution in [2.24, 2.45) is 0 Å². The Kier molecular flexibility index (Phi) is 3.86. The molecule has 0 radical (unpaired) electrons. The van der Waals surface area contributed by atoms with E-state index in [0.717, 1.165) is 11.4 Å². The third-order valence-electron chi connectivity index (χ3n) is 4.58. The van der Waals surface area contributed by atoms with Gasteiger partial charge in [-0.2, -0.15) is 0 Å². The molecule has 2 aromatic rings. The fraction of sp³-hybridized carbons (Fsp3) is 0.500. The van der Waals surface area contributed by atoms with Gasteiger partial charge in [-0.25, -0.2) is 4.98 Å². The number of aliphatic hydroxyl groups is 1. The van der Waals surface area contributed by atoms with Crippen molar-refractivity contribution in [3.63, 3.8) is 0 Å². The van der Waals surface area contributed by atoms with Crippen LogP contribution in [0.4, 0.5) is 0 Å². The number of nitrogens with zero attached hydrogens (tertiary/aromatic N) is 3. The maximum atomic E-state index is 10.9. The van der Waals surface area contributed by atoms with E-state index in [9.17, 15) is 5.11 Å². The molecule has 0 aromatic carbocycles. The molecule has 4 rings (SSSR count). The van der Waals surface area contributed by atoms with Crippen molar-refractivity contribution in [2.45, 2.75) is 44.1 Å². The van der Waals surface area contributed by atoms with Crippen molar-refractivity contribution < 1.29 is 14.6 Å². The van der Waals surface area contributed by atoms with Crippen molar-refractivity contribution in [3.05, 3.63) is 48.3 Å². The number of fused-ring (bicyclic) bond motifs is 2. The van der Waals surface area contributed by atoms with Gasteiger partial charge in [-0.15, -0.1) is 0 Å². The van der Waals surface area contributed by atoms with Crippen LogP contribution in [0.2, 0.25) is 0 Å². The van der Waals surface area contributed by atoms with Crippen molar-refractivity contribution in [1.82, 2.24) is 19.9 Å². The average Bonchev–Trinajstić information content (AvgIpc) is 3.17. The van der Waals surface area contributed by atoms with Crippen LogP contribution >= 0.6 is 0 Å². The summed E-state index contributed by atoms with van der Waals surface area (Å²) in [5, 5.41) is 14.3. The minimum absolute atomic E-state index is 0.147. The summed E-state index contributed by atoms with van der Waals surface area (Å²) in [6.07, 6.45) is 5.94. The standard InChI is InChI=1S/C16H20N4O3/c1-10-18-5-6-20(10)14-15(21)13(12-9-22-16(14)23-12)19-8-11-3-2-4-17-7-11/h2-7,12-16,19,21H,8-9H2,1H3/t12-,13-,14-,15+,16-/m1/s1. The van der Waals surface area contributed by atoms with Crippen LogP contribution in [0.3, 0.4) is 0 Å². The lowest BCUT2D eigenvalue weighted by molar-refractivity contribution is -0.165. The van der Waals surface area contributed by atoms with Gasteiger partial charge in [0.1, 0.15) is 18.0 Å². The number of imidazole rings is 1. The summed E-state index contributed by atoms with van der Waals surface area (Å²) in [5.41, 5.74) is 1.07. The summed E-state index contributed by atoms with van der Waals surface area (Å²) in [5.74, 6) is 0.831. The van der Waals surface area contributed by atoms with E-state index in [2.05, 4.69) is 15.3 Å². The Morgan fingerprint density at radius 2 is 2.35 bits per heavy atom. The predicted molar refractivity (Wildman–Crippen MR) is 81.5 cm³/mol. The molecule has 7 heteroatoms. The lowest BCUT2D eigenvalue weighted by Gasteiger charge is -2.39. The van der Waals surface area contributed by atoms with Gasteiger partial charge in [0.2, 0.25) is 0 Å². The number of nitrogens with one attached hydrogen (secondary N) is 1. The molecular formula is C16H20N4O3. The fourth-order valence-electron chi connectivity index (χ4n) is 3.39. The second-order valence-electron chi connectivity index (χ2n) is 6.01. The van der Waals surface area contributed by atoms with Crippen LogP contribution in [0.25, 0.3) is 0 Å². The van der Waals surface area contributed by atoms with Crippen LogP contribution in [0.5, 0.6) is 0 Å². The first-order valence-corrected chi connectivity index (χ1v) is 7.81. The number of hydrogen-bond donors (Lipinski definition) is 2. The largest absolute Gasteiger partial charge is 0.389 e. The smallest absolute Gasteiger partial charge is 0.181 e. The average molecular weight is 316 g/mol. The zero-order valence-electron chi connectivity index (χ0n) is 12.9. The monoisotopic (exact) mass is 316 g/mol. The van der Waals surface area contributed by atoms with Gasteiger partial charge in [0, 0.05) is 31.3 Å². The summed E-state index contributed by atoms with van der Waals surface area (Å²) < 4.78 is 13.6. The Balaban J connectivity index is 1.54. The summed E-state index contributed by atoms with van der Waals surface area (Å²) in [4.78, 5) is 8.35. The van der Waals surface area contributed by atoms with Crippen LogP contribution < -0.4 is 5.32 Å². The number of ether oxygens (including phenoxy) is 2. The summed E-state index contributed by atoms with van der Waals surface area (Å²) in [7, 11) is 0. The van der Waals surface area contributed by atoms with E-state index < -0.39 is 12.4 Å². The van der Waals surface area contributed by atoms with E-state index in [1.807, 2.05) is 36.0 Å². The van der Waals surface area contributed by atoms with Gasteiger partial charge in [0.25, 0.3) is 0 Å². The molecule has 2 aliphatic rings. The molecule has 0 unspecified atom stereocenters. The number of aliphatic hydroxyl groups excluding tert-OH is 1. The molecule has 0 aliphatic carbocycles. The number of aromatic nitrogens is 3. The molecule has 122 valence electrons. The number of aryl methyl sites for hydroxylation is 1. The highest BCUT2D eigenvalue weighted by Gasteiger charge is 2.50. The lowest BCUT2D eigenvalue weighted by atomic mass is 9.95. The van der Waals surface area contributed by atoms with Crippen LogP contribution in [-0.2, 0) is 16.0 Å². The second kappa shape index (κ2) is 6.01. The van der Waals surface area contributed by atoms with E-state index in [1.54, 1.807) is 12.4 Å². The molecule has 0 spiro atoms. The summed E-state index contributed by atoms with van der Waals surface area (Å²) in [6, 6.07) is 3.39. The molecule has 5 atom stereocenters. The van der Waals surface area contributed by atoms with E-state index in [4.69, 9.17) is 9.47 Å². The maximum Gasteiger partial charge on any atom is 0.181 e. The number of hydrogen-bond acceptors (Lipinski definition) is 6. The molecule has 2 saturated heterocycles. The number of rotatable bonds is 4. The Hall–Kier alpha value is -1.80. The molecule has 2 N–H and O–H groups in total. The van der Waals surface area contributed by atoms with E-state index in [0.29, 0.717) is 13.2 Å². The van der Waals surface area contributed by atoms with E-state index >= 15 is 0 Å². The molecule has 2 aromatic heterocycles. The third kappa shape index (κ3) is 2.66. The SMILES string of the molecule is Cc1nccn1[C@H]1[C@@H]2OC[C@@H](O2)[C@@H](NCc2cccnc2)[C@@H]1O. The van der Waals surface area contributed by atoms with Gasteiger partial charge in [0.15, 0.2) is 6.29 Å². The van der Waals surface area contributed by atoms with Gasteiger partial charge in [-0.3, -0.25) is 4.98 Å². The highest BCUT2D eigenvalue weighted by atomic mass is 16.7. The first-order valence-electron chi connectivity index (χ1n) is 7.81. The number of pyridine rings is 1. The normalized spacial score (nSPS) is 33.0. The topological polar surface area (TPSA) is 81.4 Å². The molecule has 2 aliphatic heterocycles. The Morgan fingerprint density at radius 1 is 1.43 bits per heavy atom. The molecule has 0 saturated carbocycles. The van der Waals surface area contributed by atoms with E-state index in [-0.39, 0.29) is 18.2 Å². The van der Waals surface area contributed by atoms with E-state index in [1.165, 1.54) is 0 Å². The van der Waals surface area contributed by atoms with Crippen molar-refractivity contribution in [2.75, 3.05) is 6.61 Å². The summed E-state index contributed by atoms with van der Waals surface area (Å²) in [6.45, 7) is 3.01. The molecular weight excluding hydrogens is 296 g/mol. The molecule has 4 heterocycles. The van der Waals surface area contributed by atoms with Gasteiger partial charge in [-0.05, 0) is 18.6 Å².